The molecule has 2 heterocycles. The molecule has 1 aromatic heterocycles. The number of carbonyl (C=O) groups excluding carboxylic acids is 1. The summed E-state index contributed by atoms with van der Waals surface area (Å²) in [5.41, 5.74) is 1.30. The van der Waals surface area contributed by atoms with Gasteiger partial charge >= 0.3 is 0 Å². The number of fused-ring (bicyclic) bond motifs is 2. The van der Waals surface area contributed by atoms with Crippen molar-refractivity contribution in [3.05, 3.63) is 42.0 Å². The summed E-state index contributed by atoms with van der Waals surface area (Å²) in [7, 11) is 0. The topological polar surface area (TPSA) is 69.7 Å². The normalized spacial score (nSPS) is 12.3. The van der Waals surface area contributed by atoms with Gasteiger partial charge in [0, 0.05) is 17.7 Å². The fourth-order valence-corrected chi connectivity index (χ4v) is 3.47. The van der Waals surface area contributed by atoms with Crippen LogP contribution in [0.15, 0.2) is 36.4 Å². The zero-order valence-electron chi connectivity index (χ0n) is 14.3. The van der Waals surface area contributed by atoms with Gasteiger partial charge in [-0.05, 0) is 24.6 Å². The van der Waals surface area contributed by atoms with Gasteiger partial charge in [-0.2, -0.15) is 0 Å². The number of carbonyl (C=O) groups is 1. The second kappa shape index (κ2) is 7.21. The number of amides is 1. The van der Waals surface area contributed by atoms with E-state index in [1.807, 2.05) is 24.3 Å². The lowest BCUT2D eigenvalue weighted by molar-refractivity contribution is 0.102. The Morgan fingerprint density at radius 2 is 2.12 bits per heavy atom. The van der Waals surface area contributed by atoms with Gasteiger partial charge in [-0.1, -0.05) is 30.7 Å². The minimum absolute atomic E-state index is 0.218. The fourth-order valence-electron chi connectivity index (χ4n) is 2.60. The molecular weight excluding hydrogens is 352 g/mol. The Bertz CT molecular complexity index is 913. The van der Waals surface area contributed by atoms with Gasteiger partial charge in [0.25, 0.3) is 5.91 Å². The number of unbranched alkanes of at least 4 members (excludes halogenated alkanes) is 1. The first-order valence-electron chi connectivity index (χ1n) is 8.47. The molecule has 0 radical (unpaired) electrons. The number of hydrogen-bond donors (Lipinski definition) is 1. The van der Waals surface area contributed by atoms with E-state index in [-0.39, 0.29) is 12.7 Å². The predicted octanol–water partition coefficient (Wildman–Crippen LogP) is 4.46. The van der Waals surface area contributed by atoms with Crippen LogP contribution >= 0.6 is 11.3 Å². The molecule has 0 fully saturated rings. The molecule has 2 aromatic carbocycles. The van der Waals surface area contributed by atoms with Crippen LogP contribution in [0.4, 0.5) is 5.13 Å². The summed E-state index contributed by atoms with van der Waals surface area (Å²) in [5, 5.41) is 3.38. The van der Waals surface area contributed by atoms with Crippen LogP contribution in [0, 0.1) is 0 Å². The number of anilines is 1. The molecule has 0 spiro atoms. The SMILES string of the molecule is CCCCOc1cccc(C(=O)Nc2nc3cc4c(cc3s2)OCO4)c1. The van der Waals surface area contributed by atoms with E-state index in [1.54, 1.807) is 12.1 Å². The van der Waals surface area contributed by atoms with Crippen LogP contribution in [0.2, 0.25) is 0 Å². The summed E-state index contributed by atoms with van der Waals surface area (Å²) in [6.07, 6.45) is 2.05. The summed E-state index contributed by atoms with van der Waals surface area (Å²) in [5.74, 6) is 1.86. The fraction of sp³-hybridized carbons (Fsp3) is 0.263. The zero-order chi connectivity index (χ0) is 17.9. The van der Waals surface area contributed by atoms with Gasteiger partial charge in [0.2, 0.25) is 6.79 Å². The lowest BCUT2D eigenvalue weighted by atomic mass is 10.2. The molecule has 0 saturated heterocycles. The molecule has 1 N–H and O–H groups in total. The Balaban J connectivity index is 1.49. The van der Waals surface area contributed by atoms with Crippen LogP contribution in [-0.2, 0) is 0 Å². The van der Waals surface area contributed by atoms with E-state index >= 15 is 0 Å². The van der Waals surface area contributed by atoms with Crippen LogP contribution in [0.3, 0.4) is 0 Å². The molecule has 26 heavy (non-hydrogen) atoms. The Kier molecular flexibility index (Phi) is 4.62. The standard InChI is InChI=1S/C19H18N2O4S/c1-2-3-7-23-13-6-4-5-12(8-13)18(22)21-19-20-14-9-15-16(25-11-24-15)10-17(14)26-19/h4-6,8-10H,2-3,7,11H2,1H3,(H,20,21,22). The van der Waals surface area contributed by atoms with Gasteiger partial charge in [-0.25, -0.2) is 4.98 Å². The van der Waals surface area contributed by atoms with Crippen LogP contribution in [0.25, 0.3) is 10.2 Å². The van der Waals surface area contributed by atoms with E-state index < -0.39 is 0 Å². The first kappa shape index (κ1) is 16.7. The molecule has 4 rings (SSSR count). The molecule has 134 valence electrons. The Labute approximate surface area is 154 Å². The third-order valence-corrected chi connectivity index (χ3v) is 4.90. The highest BCUT2D eigenvalue weighted by Crippen LogP contribution is 2.39. The summed E-state index contributed by atoms with van der Waals surface area (Å²) >= 11 is 1.40. The number of rotatable bonds is 6. The maximum Gasteiger partial charge on any atom is 0.257 e. The van der Waals surface area contributed by atoms with Gasteiger partial charge in [0.15, 0.2) is 16.6 Å². The first-order chi connectivity index (χ1) is 12.7. The molecule has 7 heteroatoms. The number of aromatic nitrogens is 1. The van der Waals surface area contributed by atoms with Crippen molar-refractivity contribution in [1.82, 2.24) is 4.98 Å². The van der Waals surface area contributed by atoms with Crippen molar-refractivity contribution in [2.75, 3.05) is 18.7 Å². The van der Waals surface area contributed by atoms with Crippen molar-refractivity contribution >= 4 is 32.6 Å². The maximum absolute atomic E-state index is 12.5. The lowest BCUT2D eigenvalue weighted by Crippen LogP contribution is -2.11. The Morgan fingerprint density at radius 3 is 2.96 bits per heavy atom. The van der Waals surface area contributed by atoms with Crippen molar-refractivity contribution in [3.8, 4) is 17.2 Å². The maximum atomic E-state index is 12.5. The molecule has 1 aliphatic rings. The molecule has 0 saturated carbocycles. The minimum atomic E-state index is -0.218. The summed E-state index contributed by atoms with van der Waals surface area (Å²) < 4.78 is 17.3. The molecular formula is C19H18N2O4S. The van der Waals surface area contributed by atoms with Gasteiger partial charge in [0.1, 0.15) is 5.75 Å². The molecule has 1 aliphatic heterocycles. The van der Waals surface area contributed by atoms with Crippen LogP contribution in [0.1, 0.15) is 30.1 Å². The Hall–Kier alpha value is -2.80. The second-order valence-corrected chi connectivity index (χ2v) is 6.91. The number of ether oxygens (including phenoxy) is 3. The summed E-state index contributed by atoms with van der Waals surface area (Å²) in [6.45, 7) is 2.99. The summed E-state index contributed by atoms with van der Waals surface area (Å²) in [6, 6.07) is 10.9. The second-order valence-electron chi connectivity index (χ2n) is 5.88. The number of thiazole rings is 1. The van der Waals surface area contributed by atoms with Gasteiger partial charge in [-0.15, -0.1) is 0 Å². The zero-order valence-corrected chi connectivity index (χ0v) is 15.1. The van der Waals surface area contributed by atoms with Crippen LogP contribution < -0.4 is 19.5 Å². The van der Waals surface area contributed by atoms with Gasteiger partial charge in [0.05, 0.1) is 16.8 Å². The highest BCUT2D eigenvalue weighted by molar-refractivity contribution is 7.22. The quantitative estimate of drug-likeness (QED) is 0.649. The number of benzene rings is 2. The smallest absolute Gasteiger partial charge is 0.257 e. The highest BCUT2D eigenvalue weighted by Gasteiger charge is 2.17. The van der Waals surface area contributed by atoms with E-state index in [0.29, 0.717) is 34.6 Å². The lowest BCUT2D eigenvalue weighted by Gasteiger charge is -2.07. The van der Waals surface area contributed by atoms with Crippen LogP contribution in [0.5, 0.6) is 17.2 Å². The molecule has 6 nitrogen and oxygen atoms in total. The molecule has 0 aliphatic carbocycles. The van der Waals surface area contributed by atoms with Gasteiger partial charge < -0.3 is 14.2 Å². The Morgan fingerprint density at radius 1 is 1.27 bits per heavy atom. The predicted molar refractivity (Wildman–Crippen MR) is 101 cm³/mol. The summed E-state index contributed by atoms with van der Waals surface area (Å²) in [4.78, 5) is 17.0. The van der Waals surface area contributed by atoms with Crippen molar-refractivity contribution in [1.29, 1.82) is 0 Å². The molecule has 3 aromatic rings. The first-order valence-corrected chi connectivity index (χ1v) is 9.29. The minimum Gasteiger partial charge on any atom is -0.494 e. The van der Waals surface area contributed by atoms with Gasteiger partial charge in [-0.3, -0.25) is 10.1 Å². The monoisotopic (exact) mass is 370 g/mol. The van der Waals surface area contributed by atoms with E-state index in [1.165, 1.54) is 11.3 Å². The third-order valence-electron chi connectivity index (χ3n) is 3.97. The molecule has 0 bridgehead atoms. The molecule has 0 atom stereocenters. The third kappa shape index (κ3) is 3.43. The van der Waals surface area contributed by atoms with E-state index in [0.717, 1.165) is 23.1 Å². The number of nitrogens with zero attached hydrogens (tertiary/aromatic N) is 1. The van der Waals surface area contributed by atoms with Crippen molar-refractivity contribution in [3.63, 3.8) is 0 Å². The van der Waals surface area contributed by atoms with Crippen molar-refractivity contribution in [2.24, 2.45) is 0 Å². The average molecular weight is 370 g/mol. The van der Waals surface area contributed by atoms with E-state index in [9.17, 15) is 4.79 Å². The molecule has 1 amide bonds. The van der Waals surface area contributed by atoms with Crippen molar-refractivity contribution < 1.29 is 19.0 Å². The van der Waals surface area contributed by atoms with E-state index in [4.69, 9.17) is 14.2 Å². The number of nitrogens with one attached hydrogen (secondary N) is 1. The highest BCUT2D eigenvalue weighted by atomic mass is 32.1. The van der Waals surface area contributed by atoms with E-state index in [2.05, 4.69) is 17.2 Å². The van der Waals surface area contributed by atoms with Crippen LogP contribution in [-0.4, -0.2) is 24.3 Å². The average Bonchev–Trinajstić information content (AvgIpc) is 3.25. The number of hydrogen-bond acceptors (Lipinski definition) is 6. The molecule has 0 unspecified atom stereocenters. The van der Waals surface area contributed by atoms with Crippen molar-refractivity contribution in [2.45, 2.75) is 19.8 Å². The largest absolute Gasteiger partial charge is 0.494 e.